The molecule has 0 spiro atoms. The highest BCUT2D eigenvalue weighted by molar-refractivity contribution is 9.10. The van der Waals surface area contributed by atoms with E-state index < -0.39 is 0 Å². The molecule has 1 N–H and O–H groups in total. The lowest BCUT2D eigenvalue weighted by Gasteiger charge is -2.20. The van der Waals surface area contributed by atoms with E-state index in [4.69, 9.17) is 4.74 Å². The lowest BCUT2D eigenvalue weighted by atomic mass is 10.0. The van der Waals surface area contributed by atoms with Crippen molar-refractivity contribution in [3.05, 3.63) is 58.6 Å². The van der Waals surface area contributed by atoms with Crippen molar-refractivity contribution in [1.29, 1.82) is 0 Å². The van der Waals surface area contributed by atoms with Gasteiger partial charge in [0, 0.05) is 4.47 Å². The minimum atomic E-state index is 0.282. The third-order valence-electron chi connectivity index (χ3n) is 3.12. The summed E-state index contributed by atoms with van der Waals surface area (Å²) in [7, 11) is 1.70. The third kappa shape index (κ3) is 3.51. The number of benzene rings is 2. The summed E-state index contributed by atoms with van der Waals surface area (Å²) in [6.45, 7) is 2.18. The summed E-state index contributed by atoms with van der Waals surface area (Å²) in [5.41, 5.74) is 2.30. The first-order valence-corrected chi connectivity index (χ1v) is 7.19. The van der Waals surface area contributed by atoms with Crippen LogP contribution in [0.25, 0.3) is 0 Å². The van der Waals surface area contributed by atoms with Crippen LogP contribution in [0, 0.1) is 0 Å². The Morgan fingerprint density at radius 1 is 1.11 bits per heavy atom. The van der Waals surface area contributed by atoms with Crippen molar-refractivity contribution >= 4 is 21.6 Å². The van der Waals surface area contributed by atoms with E-state index in [9.17, 15) is 0 Å². The first-order chi connectivity index (χ1) is 9.24. The molecule has 1 atom stereocenters. The van der Waals surface area contributed by atoms with E-state index >= 15 is 0 Å². The van der Waals surface area contributed by atoms with Gasteiger partial charge in [0.15, 0.2) is 0 Å². The van der Waals surface area contributed by atoms with Gasteiger partial charge in [0.2, 0.25) is 0 Å². The number of ether oxygens (including phenoxy) is 1. The first kappa shape index (κ1) is 13.9. The number of hydrogen-bond donors (Lipinski definition) is 1. The van der Waals surface area contributed by atoms with Crippen LogP contribution in [0.2, 0.25) is 0 Å². The standard InChI is InChI=1S/C16H18BrNO/c1-3-14(12-8-10-13(17)11-9-12)18-15-6-4-5-7-16(15)19-2/h4-11,14,18H,3H2,1-2H3. The van der Waals surface area contributed by atoms with Gasteiger partial charge in [-0.3, -0.25) is 0 Å². The van der Waals surface area contributed by atoms with Gasteiger partial charge in [-0.15, -0.1) is 0 Å². The summed E-state index contributed by atoms with van der Waals surface area (Å²) in [6, 6.07) is 16.7. The minimum Gasteiger partial charge on any atom is -0.495 e. The molecule has 19 heavy (non-hydrogen) atoms. The molecule has 2 nitrogen and oxygen atoms in total. The highest BCUT2D eigenvalue weighted by atomic mass is 79.9. The summed E-state index contributed by atoms with van der Waals surface area (Å²) >= 11 is 3.47. The van der Waals surface area contributed by atoms with E-state index in [2.05, 4.69) is 52.4 Å². The predicted molar refractivity (Wildman–Crippen MR) is 83.8 cm³/mol. The molecule has 100 valence electrons. The molecule has 0 saturated carbocycles. The Labute approximate surface area is 122 Å². The Morgan fingerprint density at radius 3 is 2.42 bits per heavy atom. The number of nitrogens with one attached hydrogen (secondary N) is 1. The van der Waals surface area contributed by atoms with Crippen LogP contribution in [0.1, 0.15) is 24.9 Å². The average molecular weight is 320 g/mol. The van der Waals surface area contributed by atoms with E-state index in [1.54, 1.807) is 7.11 Å². The summed E-state index contributed by atoms with van der Waals surface area (Å²) < 4.78 is 6.48. The third-order valence-corrected chi connectivity index (χ3v) is 3.65. The number of rotatable bonds is 5. The lowest BCUT2D eigenvalue weighted by molar-refractivity contribution is 0.416. The normalized spacial score (nSPS) is 11.9. The van der Waals surface area contributed by atoms with Crippen molar-refractivity contribution in [3.8, 4) is 5.75 Å². The quantitative estimate of drug-likeness (QED) is 0.835. The van der Waals surface area contributed by atoms with Crippen molar-refractivity contribution in [3.63, 3.8) is 0 Å². The van der Waals surface area contributed by atoms with Gasteiger partial charge < -0.3 is 10.1 Å². The Morgan fingerprint density at radius 2 is 1.79 bits per heavy atom. The second kappa shape index (κ2) is 6.62. The van der Waals surface area contributed by atoms with Gasteiger partial charge in [0.1, 0.15) is 5.75 Å². The summed E-state index contributed by atoms with van der Waals surface area (Å²) in [5, 5.41) is 3.54. The van der Waals surface area contributed by atoms with Crippen molar-refractivity contribution in [2.75, 3.05) is 12.4 Å². The molecule has 2 aromatic rings. The number of para-hydroxylation sites is 2. The van der Waals surface area contributed by atoms with Crippen molar-refractivity contribution in [1.82, 2.24) is 0 Å². The van der Waals surface area contributed by atoms with E-state index in [1.165, 1.54) is 5.56 Å². The molecule has 0 amide bonds. The van der Waals surface area contributed by atoms with E-state index in [1.807, 2.05) is 24.3 Å². The largest absolute Gasteiger partial charge is 0.495 e. The Bertz CT molecular complexity index is 525. The van der Waals surface area contributed by atoms with Crippen molar-refractivity contribution in [2.24, 2.45) is 0 Å². The van der Waals surface area contributed by atoms with Crippen LogP contribution in [0.5, 0.6) is 5.75 Å². The monoisotopic (exact) mass is 319 g/mol. The van der Waals surface area contributed by atoms with Gasteiger partial charge in [-0.25, -0.2) is 0 Å². The molecular formula is C16H18BrNO. The van der Waals surface area contributed by atoms with Gasteiger partial charge in [-0.1, -0.05) is 47.1 Å². The number of methoxy groups -OCH3 is 1. The molecule has 2 rings (SSSR count). The molecule has 3 heteroatoms. The van der Waals surface area contributed by atoms with Gasteiger partial charge in [-0.05, 0) is 36.2 Å². The molecule has 0 fully saturated rings. The van der Waals surface area contributed by atoms with Gasteiger partial charge >= 0.3 is 0 Å². The average Bonchev–Trinajstić information content (AvgIpc) is 2.46. The van der Waals surface area contributed by atoms with Gasteiger partial charge in [0.25, 0.3) is 0 Å². The highest BCUT2D eigenvalue weighted by Crippen LogP contribution is 2.29. The zero-order chi connectivity index (χ0) is 13.7. The maximum atomic E-state index is 5.38. The Balaban J connectivity index is 2.21. The topological polar surface area (TPSA) is 21.3 Å². The molecular weight excluding hydrogens is 302 g/mol. The molecule has 2 aromatic carbocycles. The zero-order valence-corrected chi connectivity index (χ0v) is 12.8. The van der Waals surface area contributed by atoms with E-state index in [0.717, 1.165) is 22.3 Å². The summed E-state index contributed by atoms with van der Waals surface area (Å²) in [4.78, 5) is 0. The lowest BCUT2D eigenvalue weighted by Crippen LogP contribution is -2.10. The van der Waals surface area contributed by atoms with Crippen LogP contribution in [0.4, 0.5) is 5.69 Å². The van der Waals surface area contributed by atoms with Gasteiger partial charge in [0.05, 0.1) is 18.8 Å². The number of halogens is 1. The fraction of sp³-hybridized carbons (Fsp3) is 0.250. The molecule has 0 heterocycles. The minimum absolute atomic E-state index is 0.282. The second-order valence-electron chi connectivity index (χ2n) is 4.36. The Kier molecular flexibility index (Phi) is 4.86. The molecule has 0 aliphatic rings. The fourth-order valence-electron chi connectivity index (χ4n) is 2.07. The molecule has 0 radical (unpaired) electrons. The smallest absolute Gasteiger partial charge is 0.141 e. The van der Waals surface area contributed by atoms with Gasteiger partial charge in [-0.2, -0.15) is 0 Å². The molecule has 0 saturated heterocycles. The van der Waals surface area contributed by atoms with Crippen molar-refractivity contribution < 1.29 is 4.74 Å². The van der Waals surface area contributed by atoms with Crippen molar-refractivity contribution in [2.45, 2.75) is 19.4 Å². The fourth-order valence-corrected chi connectivity index (χ4v) is 2.33. The molecule has 0 aliphatic carbocycles. The van der Waals surface area contributed by atoms with Crippen LogP contribution >= 0.6 is 15.9 Å². The first-order valence-electron chi connectivity index (χ1n) is 6.39. The van der Waals surface area contributed by atoms with Crippen LogP contribution in [0.3, 0.4) is 0 Å². The summed E-state index contributed by atoms with van der Waals surface area (Å²) in [5.74, 6) is 0.873. The zero-order valence-electron chi connectivity index (χ0n) is 11.2. The predicted octanol–water partition coefficient (Wildman–Crippen LogP) is 5.02. The number of hydrogen-bond acceptors (Lipinski definition) is 2. The molecule has 0 bridgehead atoms. The SMILES string of the molecule is CCC(Nc1ccccc1OC)c1ccc(Br)cc1. The van der Waals surface area contributed by atoms with Crippen LogP contribution in [-0.2, 0) is 0 Å². The summed E-state index contributed by atoms with van der Waals surface area (Å²) in [6.07, 6.45) is 1.01. The van der Waals surface area contributed by atoms with Crippen LogP contribution < -0.4 is 10.1 Å². The number of anilines is 1. The molecule has 1 unspecified atom stereocenters. The Hall–Kier alpha value is -1.48. The van der Waals surface area contributed by atoms with Crippen LogP contribution in [-0.4, -0.2) is 7.11 Å². The molecule has 0 aromatic heterocycles. The molecule has 0 aliphatic heterocycles. The van der Waals surface area contributed by atoms with E-state index in [-0.39, 0.29) is 6.04 Å². The highest BCUT2D eigenvalue weighted by Gasteiger charge is 2.11. The maximum absolute atomic E-state index is 5.38. The second-order valence-corrected chi connectivity index (χ2v) is 5.27. The van der Waals surface area contributed by atoms with Crippen LogP contribution in [0.15, 0.2) is 53.0 Å². The van der Waals surface area contributed by atoms with E-state index in [0.29, 0.717) is 0 Å². The maximum Gasteiger partial charge on any atom is 0.141 e.